The minimum Gasteiger partial charge on any atom is -0.466 e. The highest BCUT2D eigenvalue weighted by molar-refractivity contribution is 7.80. The summed E-state index contributed by atoms with van der Waals surface area (Å²) >= 11 is 5.68. The van der Waals surface area contributed by atoms with Crippen LogP contribution in [-0.2, 0) is 14.3 Å². The molecule has 5 nitrogen and oxygen atoms in total. The van der Waals surface area contributed by atoms with Crippen molar-refractivity contribution in [2.75, 3.05) is 7.11 Å². The van der Waals surface area contributed by atoms with Crippen molar-refractivity contribution in [3.8, 4) is 0 Å². The number of hydrogen-bond donors (Lipinski definition) is 1. The SMILES string of the molecule is COC(=O)C1=CC2=CC[C@H]3[C@@H]4CC[C@H](C(=O)N(C(=S)NC(C)C)C(C)C)[C@@]4(C)CC[C@@H]3[C@@]2(C)CC1. The average molecular weight is 501 g/mol. The Morgan fingerprint density at radius 1 is 1.11 bits per heavy atom. The van der Waals surface area contributed by atoms with Crippen LogP contribution >= 0.6 is 12.2 Å². The standard InChI is InChI=1S/C29H44N2O3S/c1-17(2)30-27(35)31(18(3)4)25(32)24-11-10-22-21-9-8-20-16-19(26(33)34-7)12-14-28(20,5)23(21)13-15-29(22,24)6/h8,16-18,21-24H,9-15H2,1-7H3,(H,30,35)/t21-,22-,23-,24+,28-,29-/m0/s1. The van der Waals surface area contributed by atoms with Gasteiger partial charge in [0.05, 0.1) is 7.11 Å². The molecular formula is C29H44N2O3S. The molecule has 0 spiro atoms. The number of amides is 1. The van der Waals surface area contributed by atoms with Crippen molar-refractivity contribution in [3.63, 3.8) is 0 Å². The zero-order valence-electron chi connectivity index (χ0n) is 22.6. The highest BCUT2D eigenvalue weighted by Gasteiger charge is 2.60. The lowest BCUT2D eigenvalue weighted by Crippen LogP contribution is -2.55. The zero-order chi connectivity index (χ0) is 25.7. The van der Waals surface area contributed by atoms with Gasteiger partial charge < -0.3 is 10.1 Å². The Hall–Kier alpha value is -1.69. The van der Waals surface area contributed by atoms with Crippen molar-refractivity contribution in [2.24, 2.45) is 34.5 Å². The van der Waals surface area contributed by atoms with Crippen LogP contribution in [0.1, 0.15) is 86.5 Å². The molecule has 0 aromatic carbocycles. The first kappa shape index (κ1) is 26.4. The van der Waals surface area contributed by atoms with E-state index in [0.29, 0.717) is 22.9 Å². The third-order valence-corrected chi connectivity index (χ3v) is 10.2. The number of fused-ring (bicyclic) bond motifs is 5. The number of esters is 1. The lowest BCUT2D eigenvalue weighted by Gasteiger charge is -2.57. The Morgan fingerprint density at radius 3 is 2.46 bits per heavy atom. The number of methoxy groups -OCH3 is 1. The van der Waals surface area contributed by atoms with E-state index in [2.05, 4.69) is 59.0 Å². The minimum atomic E-state index is -0.192. The summed E-state index contributed by atoms with van der Waals surface area (Å²) in [6.07, 6.45) is 11.6. The van der Waals surface area contributed by atoms with Gasteiger partial charge in [-0.25, -0.2) is 4.79 Å². The quantitative estimate of drug-likeness (QED) is 0.391. The molecule has 0 radical (unpaired) electrons. The summed E-state index contributed by atoms with van der Waals surface area (Å²) in [6.45, 7) is 13.0. The van der Waals surface area contributed by atoms with Crippen molar-refractivity contribution in [2.45, 2.75) is 98.6 Å². The molecule has 0 heterocycles. The van der Waals surface area contributed by atoms with E-state index in [1.54, 1.807) is 0 Å². The van der Waals surface area contributed by atoms with Crippen molar-refractivity contribution < 1.29 is 14.3 Å². The van der Waals surface area contributed by atoms with Gasteiger partial charge in [-0.05, 0) is 125 Å². The number of carbonyl (C=O) groups is 2. The molecule has 4 rings (SSSR count). The van der Waals surface area contributed by atoms with Crippen molar-refractivity contribution in [3.05, 3.63) is 23.3 Å². The van der Waals surface area contributed by atoms with Crippen LogP contribution in [-0.4, -0.2) is 41.1 Å². The molecule has 0 aliphatic heterocycles. The molecule has 2 fully saturated rings. The number of allylic oxidation sites excluding steroid dienone is 3. The Kier molecular flexibility index (Phi) is 7.27. The average Bonchev–Trinajstić information content (AvgIpc) is 3.14. The Morgan fingerprint density at radius 2 is 1.83 bits per heavy atom. The molecule has 1 N–H and O–H groups in total. The number of hydrogen-bond acceptors (Lipinski definition) is 4. The first-order chi connectivity index (χ1) is 16.4. The Bertz CT molecular complexity index is 954. The van der Waals surface area contributed by atoms with E-state index in [9.17, 15) is 9.59 Å². The van der Waals surface area contributed by atoms with E-state index in [1.807, 2.05) is 4.90 Å². The maximum Gasteiger partial charge on any atom is 0.333 e. The van der Waals surface area contributed by atoms with Gasteiger partial charge in [0.1, 0.15) is 0 Å². The van der Waals surface area contributed by atoms with E-state index >= 15 is 0 Å². The lowest BCUT2D eigenvalue weighted by molar-refractivity contribution is -0.139. The first-order valence-electron chi connectivity index (χ1n) is 13.6. The van der Waals surface area contributed by atoms with Gasteiger partial charge in [0, 0.05) is 23.6 Å². The van der Waals surface area contributed by atoms with Crippen LogP contribution in [0.25, 0.3) is 0 Å². The smallest absolute Gasteiger partial charge is 0.333 e. The van der Waals surface area contributed by atoms with E-state index in [0.717, 1.165) is 50.5 Å². The van der Waals surface area contributed by atoms with Crippen LogP contribution in [0, 0.1) is 34.5 Å². The number of thiocarbonyl (C=S) groups is 1. The second kappa shape index (κ2) is 9.64. The topological polar surface area (TPSA) is 58.6 Å². The summed E-state index contributed by atoms with van der Waals surface area (Å²) in [6, 6.07) is 0.240. The highest BCUT2D eigenvalue weighted by Crippen LogP contribution is 2.66. The van der Waals surface area contributed by atoms with Crippen LogP contribution in [0.3, 0.4) is 0 Å². The number of nitrogens with zero attached hydrogens (tertiary/aromatic N) is 1. The predicted molar refractivity (Wildman–Crippen MR) is 144 cm³/mol. The molecule has 6 atom stereocenters. The molecule has 6 heteroatoms. The molecular weight excluding hydrogens is 456 g/mol. The fourth-order valence-corrected chi connectivity index (χ4v) is 8.63. The van der Waals surface area contributed by atoms with Crippen LogP contribution in [0.5, 0.6) is 0 Å². The van der Waals surface area contributed by atoms with E-state index in [1.165, 1.54) is 12.7 Å². The van der Waals surface area contributed by atoms with Crippen LogP contribution in [0.2, 0.25) is 0 Å². The fraction of sp³-hybridized carbons (Fsp3) is 0.759. The largest absolute Gasteiger partial charge is 0.466 e. The van der Waals surface area contributed by atoms with Gasteiger partial charge in [0.2, 0.25) is 5.91 Å². The number of ether oxygens (including phenoxy) is 1. The van der Waals surface area contributed by atoms with E-state index in [4.69, 9.17) is 17.0 Å². The molecule has 0 unspecified atom stereocenters. The monoisotopic (exact) mass is 500 g/mol. The molecule has 2 saturated carbocycles. The van der Waals surface area contributed by atoms with Crippen molar-refractivity contribution in [1.82, 2.24) is 10.2 Å². The van der Waals surface area contributed by atoms with Crippen molar-refractivity contribution in [1.29, 1.82) is 0 Å². The minimum absolute atomic E-state index is 0.0161. The first-order valence-corrected chi connectivity index (χ1v) is 14.0. The van der Waals surface area contributed by atoms with Crippen molar-refractivity contribution >= 4 is 29.2 Å². The van der Waals surface area contributed by atoms with Gasteiger partial charge in [0.25, 0.3) is 0 Å². The summed E-state index contributed by atoms with van der Waals surface area (Å²) in [7, 11) is 1.47. The number of carbonyl (C=O) groups excluding carboxylic acids is 2. The van der Waals surface area contributed by atoms with Gasteiger partial charge >= 0.3 is 5.97 Å². The van der Waals surface area contributed by atoms with Gasteiger partial charge in [-0.15, -0.1) is 0 Å². The summed E-state index contributed by atoms with van der Waals surface area (Å²) < 4.78 is 5.00. The van der Waals surface area contributed by atoms with Crippen LogP contribution in [0.4, 0.5) is 0 Å². The summed E-state index contributed by atoms with van der Waals surface area (Å²) in [5, 5.41) is 3.86. The highest BCUT2D eigenvalue weighted by atomic mass is 32.1. The van der Waals surface area contributed by atoms with Crippen LogP contribution < -0.4 is 5.32 Å². The normalized spacial score (nSPS) is 35.9. The Balaban J connectivity index is 1.58. The van der Waals surface area contributed by atoms with E-state index in [-0.39, 0.29) is 40.7 Å². The number of rotatable bonds is 4. The summed E-state index contributed by atoms with van der Waals surface area (Å²) in [4.78, 5) is 28.0. The molecule has 0 aromatic rings. The molecule has 0 bridgehead atoms. The summed E-state index contributed by atoms with van der Waals surface area (Å²) in [5.41, 5.74) is 2.26. The zero-order valence-corrected chi connectivity index (χ0v) is 23.5. The third kappa shape index (κ3) is 4.38. The van der Waals surface area contributed by atoms with Gasteiger partial charge in [-0.1, -0.05) is 19.9 Å². The molecule has 1 amide bonds. The van der Waals surface area contributed by atoms with E-state index < -0.39 is 0 Å². The fourth-order valence-electron chi connectivity index (χ4n) is 8.10. The van der Waals surface area contributed by atoms with Gasteiger partial charge in [0.15, 0.2) is 5.11 Å². The maximum atomic E-state index is 14.0. The molecule has 35 heavy (non-hydrogen) atoms. The maximum absolute atomic E-state index is 14.0. The Labute approximate surface area is 217 Å². The second-order valence-corrected chi connectivity index (χ2v) is 12.8. The summed E-state index contributed by atoms with van der Waals surface area (Å²) in [5.74, 6) is 1.80. The number of nitrogens with one attached hydrogen (secondary N) is 1. The second-order valence-electron chi connectivity index (χ2n) is 12.4. The molecule has 0 aromatic heterocycles. The van der Waals surface area contributed by atoms with Gasteiger partial charge in [-0.2, -0.15) is 0 Å². The molecule has 0 saturated heterocycles. The van der Waals surface area contributed by atoms with Crippen LogP contribution in [0.15, 0.2) is 23.3 Å². The molecule has 4 aliphatic rings. The van der Waals surface area contributed by atoms with Gasteiger partial charge in [-0.3, -0.25) is 9.69 Å². The lowest BCUT2D eigenvalue weighted by atomic mass is 9.48. The third-order valence-electron chi connectivity index (χ3n) is 9.90. The predicted octanol–water partition coefficient (Wildman–Crippen LogP) is 5.79. The molecule has 194 valence electrons. The molecule has 4 aliphatic carbocycles.